The number of esters is 1. The monoisotopic (exact) mass is 396 g/mol. The van der Waals surface area contributed by atoms with E-state index in [-0.39, 0.29) is 12.6 Å². The largest absolute Gasteiger partial charge is 0.481 e. The molecule has 2 rings (SSSR count). The van der Waals surface area contributed by atoms with Crippen molar-refractivity contribution in [2.45, 2.75) is 25.4 Å². The van der Waals surface area contributed by atoms with Crippen LogP contribution in [0.25, 0.3) is 0 Å². The zero-order chi connectivity index (χ0) is 20.8. The summed E-state index contributed by atoms with van der Waals surface area (Å²) in [5.74, 6) is -1.69. The number of hydrogen-bond donors (Lipinski definition) is 2. The summed E-state index contributed by atoms with van der Waals surface area (Å²) in [7, 11) is 1.34. The molecule has 152 valence electrons. The highest BCUT2D eigenvalue weighted by Gasteiger charge is 2.27. The summed E-state index contributed by atoms with van der Waals surface area (Å²) in [5, 5.41) is 8.55. The Morgan fingerprint density at radius 1 is 1.21 bits per heavy atom. The molecule has 0 aliphatic carbocycles. The molecule has 0 saturated carbocycles. The number of nitrogens with two attached hydrogens (primary N) is 1. The average molecular weight is 396 g/mol. The van der Waals surface area contributed by atoms with E-state index in [9.17, 15) is 19.2 Å². The molecule has 2 atom stereocenters. The van der Waals surface area contributed by atoms with Gasteiger partial charge >= 0.3 is 18.0 Å². The minimum atomic E-state index is -1.37. The molecule has 0 aromatic heterocycles. The molecule has 11 heteroatoms. The summed E-state index contributed by atoms with van der Waals surface area (Å²) < 4.78 is 19.7. The van der Waals surface area contributed by atoms with Gasteiger partial charge in [-0.3, -0.25) is 14.4 Å². The summed E-state index contributed by atoms with van der Waals surface area (Å²) in [6.07, 6.45) is -1.53. The van der Waals surface area contributed by atoms with Crippen LogP contribution in [0, 0.1) is 0 Å². The van der Waals surface area contributed by atoms with E-state index >= 15 is 0 Å². The second-order valence-corrected chi connectivity index (χ2v) is 5.91. The molecule has 1 aromatic carbocycles. The quantitative estimate of drug-likeness (QED) is 0.357. The lowest BCUT2D eigenvalue weighted by Gasteiger charge is -2.23. The number of carboxylic acid groups (broad SMARTS) is 1. The number of rotatable bonds is 8. The summed E-state index contributed by atoms with van der Waals surface area (Å²) >= 11 is 0. The van der Waals surface area contributed by atoms with Crippen molar-refractivity contribution < 1.29 is 43.2 Å². The fraction of sp³-hybridized carbons (Fsp3) is 0.412. The topological polar surface area (TPSA) is 155 Å². The number of carboxylic acids is 1. The third-order valence-corrected chi connectivity index (χ3v) is 3.99. The Morgan fingerprint density at radius 3 is 2.57 bits per heavy atom. The number of carbonyl (C=O) groups excluding carboxylic acids is 3. The molecular formula is C17H20N2O9. The lowest BCUT2D eigenvalue weighted by atomic mass is 10.0. The lowest BCUT2D eigenvalue weighted by molar-refractivity contribution is -0.156. The average Bonchev–Trinajstić information content (AvgIpc) is 3.13. The Kier molecular flexibility index (Phi) is 6.77. The zero-order valence-electron chi connectivity index (χ0n) is 15.2. The van der Waals surface area contributed by atoms with Crippen LogP contribution in [0.3, 0.4) is 0 Å². The van der Waals surface area contributed by atoms with Gasteiger partial charge in [0.1, 0.15) is 6.04 Å². The number of ketones is 1. The molecule has 11 nitrogen and oxygen atoms in total. The van der Waals surface area contributed by atoms with Crippen molar-refractivity contribution in [3.63, 3.8) is 0 Å². The highest BCUT2D eigenvalue weighted by atomic mass is 16.7. The third-order valence-electron chi connectivity index (χ3n) is 3.99. The smallest absolute Gasteiger partial charge is 0.413 e. The second kappa shape index (κ2) is 9.04. The number of hydrogen-bond acceptors (Lipinski definition) is 9. The van der Waals surface area contributed by atoms with E-state index in [4.69, 9.17) is 25.1 Å². The van der Waals surface area contributed by atoms with E-state index in [0.717, 1.165) is 4.90 Å². The molecular weight excluding hydrogens is 376 g/mol. The van der Waals surface area contributed by atoms with E-state index in [1.54, 1.807) is 12.1 Å². The van der Waals surface area contributed by atoms with E-state index in [1.165, 1.54) is 20.0 Å². The maximum Gasteiger partial charge on any atom is 0.413 e. The molecule has 1 aliphatic rings. The number of ether oxygens (including phenoxy) is 4. The molecule has 2 unspecified atom stereocenters. The summed E-state index contributed by atoms with van der Waals surface area (Å²) in [5.41, 5.74) is 5.64. The van der Waals surface area contributed by atoms with Gasteiger partial charge in [-0.15, -0.1) is 0 Å². The van der Waals surface area contributed by atoms with Crippen molar-refractivity contribution in [2.75, 3.05) is 20.6 Å². The zero-order valence-corrected chi connectivity index (χ0v) is 15.2. The Balaban J connectivity index is 1.85. The van der Waals surface area contributed by atoms with Crippen molar-refractivity contribution in [1.82, 2.24) is 4.90 Å². The number of aliphatic carboxylic acids is 1. The summed E-state index contributed by atoms with van der Waals surface area (Å²) in [4.78, 5) is 47.5. The molecule has 0 fully saturated rings. The second-order valence-electron chi connectivity index (χ2n) is 5.91. The minimum Gasteiger partial charge on any atom is -0.481 e. The molecule has 3 N–H and O–H groups in total. The maximum absolute atomic E-state index is 12.6. The van der Waals surface area contributed by atoms with Crippen LogP contribution in [0.15, 0.2) is 18.2 Å². The predicted octanol–water partition coefficient (Wildman–Crippen LogP) is 0.358. The van der Waals surface area contributed by atoms with Gasteiger partial charge in [-0.05, 0) is 25.1 Å². The van der Waals surface area contributed by atoms with Crippen LogP contribution in [0.1, 0.15) is 23.7 Å². The summed E-state index contributed by atoms with van der Waals surface area (Å²) in [6, 6.07) is 2.42. The number of carbonyl (C=O) groups is 4. The van der Waals surface area contributed by atoms with Gasteiger partial charge in [-0.1, -0.05) is 0 Å². The van der Waals surface area contributed by atoms with Crippen LogP contribution in [-0.2, 0) is 19.1 Å². The van der Waals surface area contributed by atoms with Gasteiger partial charge in [0, 0.05) is 12.6 Å². The molecule has 0 radical (unpaired) electrons. The van der Waals surface area contributed by atoms with Crippen LogP contribution < -0.4 is 15.2 Å². The standard InChI is InChI=1S/C17H20N2O9/c1-9(15(22)10-3-4-12-13(5-10)26-7-25-12)19(2)17(24)28-8-27-16(23)11(18)6-14(20)21/h3-5,9,11H,6-8,18H2,1-2H3,(H,20,21). The van der Waals surface area contributed by atoms with E-state index in [2.05, 4.69) is 4.74 Å². The SMILES string of the molecule is CC(C(=O)c1ccc2c(c1)OCO2)N(C)C(=O)OCOC(=O)C(N)CC(=O)O. The predicted molar refractivity (Wildman–Crippen MR) is 91.8 cm³/mol. The fourth-order valence-corrected chi connectivity index (χ4v) is 2.24. The van der Waals surface area contributed by atoms with Gasteiger partial charge in [0.05, 0.1) is 12.5 Å². The van der Waals surface area contributed by atoms with Crippen LogP contribution in [0.4, 0.5) is 4.79 Å². The molecule has 1 heterocycles. The molecule has 1 aromatic rings. The van der Waals surface area contributed by atoms with Crippen LogP contribution in [0.2, 0.25) is 0 Å². The van der Waals surface area contributed by atoms with E-state index < -0.39 is 43.3 Å². The first-order valence-corrected chi connectivity index (χ1v) is 8.18. The first-order valence-electron chi connectivity index (χ1n) is 8.18. The van der Waals surface area contributed by atoms with Gasteiger partial charge < -0.3 is 34.7 Å². The molecule has 28 heavy (non-hydrogen) atoms. The molecule has 0 bridgehead atoms. The highest BCUT2D eigenvalue weighted by Crippen LogP contribution is 2.32. The van der Waals surface area contributed by atoms with Gasteiger partial charge in [0.2, 0.25) is 13.6 Å². The van der Waals surface area contributed by atoms with Crippen LogP contribution in [-0.4, -0.2) is 66.5 Å². The van der Waals surface area contributed by atoms with Crippen molar-refractivity contribution in [1.29, 1.82) is 0 Å². The maximum atomic E-state index is 12.6. The Bertz CT molecular complexity index is 780. The number of Topliss-reactive ketones (excluding diaryl/α,β-unsaturated/α-hetero) is 1. The molecule has 1 aliphatic heterocycles. The Hall–Kier alpha value is -3.34. The number of benzene rings is 1. The highest BCUT2D eigenvalue weighted by molar-refractivity contribution is 6.01. The Morgan fingerprint density at radius 2 is 1.89 bits per heavy atom. The number of amides is 1. The summed E-state index contributed by atoms with van der Waals surface area (Å²) in [6.45, 7) is 0.812. The molecule has 0 saturated heterocycles. The number of likely N-dealkylation sites (N-methyl/N-ethyl adjacent to an activating group) is 1. The van der Waals surface area contributed by atoms with Gasteiger partial charge in [0.25, 0.3) is 0 Å². The van der Waals surface area contributed by atoms with Crippen molar-refractivity contribution in [2.24, 2.45) is 5.73 Å². The number of fused-ring (bicyclic) bond motifs is 1. The van der Waals surface area contributed by atoms with Gasteiger partial charge in [-0.25, -0.2) is 4.79 Å². The van der Waals surface area contributed by atoms with E-state index in [1.807, 2.05) is 0 Å². The third kappa shape index (κ3) is 5.10. The van der Waals surface area contributed by atoms with Gasteiger partial charge in [0.15, 0.2) is 17.3 Å². The molecule has 0 spiro atoms. The first kappa shape index (κ1) is 21.0. The minimum absolute atomic E-state index is 0.0730. The van der Waals surface area contributed by atoms with Crippen molar-refractivity contribution >= 4 is 23.8 Å². The fourth-order valence-electron chi connectivity index (χ4n) is 2.24. The first-order chi connectivity index (χ1) is 13.2. The van der Waals surface area contributed by atoms with Crippen molar-refractivity contribution in [3.8, 4) is 11.5 Å². The lowest BCUT2D eigenvalue weighted by Crippen LogP contribution is -2.41. The van der Waals surface area contributed by atoms with E-state index in [0.29, 0.717) is 17.1 Å². The van der Waals surface area contributed by atoms with Crippen LogP contribution in [0.5, 0.6) is 11.5 Å². The van der Waals surface area contributed by atoms with Gasteiger partial charge in [-0.2, -0.15) is 0 Å². The van der Waals surface area contributed by atoms with Crippen molar-refractivity contribution in [3.05, 3.63) is 23.8 Å². The number of nitrogens with zero attached hydrogens (tertiary/aromatic N) is 1. The Labute approximate surface area is 159 Å². The normalized spacial score (nSPS) is 14.0. The molecule has 1 amide bonds. The van der Waals surface area contributed by atoms with Crippen LogP contribution >= 0.6 is 0 Å².